The van der Waals surface area contributed by atoms with Crippen molar-refractivity contribution in [2.24, 2.45) is 0 Å². The third kappa shape index (κ3) is 4.80. The van der Waals surface area contributed by atoms with Crippen LogP contribution in [0.4, 0.5) is 10.5 Å². The van der Waals surface area contributed by atoms with Gasteiger partial charge in [0, 0.05) is 50.5 Å². The van der Waals surface area contributed by atoms with Crippen LogP contribution in [0.25, 0.3) is 0 Å². The zero-order valence-electron chi connectivity index (χ0n) is 21.2. The molecule has 2 fully saturated rings. The number of hydrogen-bond acceptors (Lipinski definition) is 7. The first-order valence-corrected chi connectivity index (χ1v) is 12.4. The molecule has 0 spiro atoms. The minimum Gasteiger partial charge on any atom is -0.444 e. The zero-order chi connectivity index (χ0) is 24.6. The van der Waals surface area contributed by atoms with Crippen LogP contribution in [0.3, 0.4) is 0 Å². The molecule has 9 nitrogen and oxygen atoms in total. The van der Waals surface area contributed by atoms with Crippen LogP contribution >= 0.6 is 0 Å². The first kappa shape index (κ1) is 24.6. The third-order valence-electron chi connectivity index (χ3n) is 7.24. The summed E-state index contributed by atoms with van der Waals surface area (Å²) in [5.41, 5.74) is 2.38. The van der Waals surface area contributed by atoms with E-state index in [1.54, 1.807) is 4.90 Å². The second kappa shape index (κ2) is 9.59. The fourth-order valence-electron chi connectivity index (χ4n) is 5.51. The fraction of sp³-hybridized carbons (Fsp3) is 0.720. The lowest BCUT2D eigenvalue weighted by Crippen LogP contribution is -2.55. The number of aromatic nitrogens is 1. The van der Waals surface area contributed by atoms with Gasteiger partial charge in [0.25, 0.3) is 5.56 Å². The average Bonchev–Trinajstić information content (AvgIpc) is 3.18. The van der Waals surface area contributed by atoms with E-state index in [1.165, 1.54) is 0 Å². The number of nitrogens with zero attached hydrogens (tertiary/aromatic N) is 5. The van der Waals surface area contributed by atoms with E-state index in [0.29, 0.717) is 38.8 Å². The molecular weight excluding hydrogens is 432 g/mol. The molecule has 34 heavy (non-hydrogen) atoms. The van der Waals surface area contributed by atoms with Gasteiger partial charge in [-0.1, -0.05) is 0 Å². The molecule has 2 saturated heterocycles. The molecule has 186 valence electrons. The highest BCUT2D eigenvalue weighted by Crippen LogP contribution is 2.32. The molecule has 2 atom stereocenters. The fourth-order valence-corrected chi connectivity index (χ4v) is 5.51. The number of fused-ring (bicyclic) bond motifs is 1. The van der Waals surface area contributed by atoms with E-state index in [9.17, 15) is 14.9 Å². The molecule has 1 amide bonds. The lowest BCUT2D eigenvalue weighted by molar-refractivity contribution is 0.0218. The number of anilines is 1. The maximum Gasteiger partial charge on any atom is 0.410 e. The molecule has 3 aliphatic rings. The molecule has 0 radical (unpaired) electrons. The Kier molecular flexibility index (Phi) is 6.92. The highest BCUT2D eigenvalue weighted by Gasteiger charge is 2.35. The van der Waals surface area contributed by atoms with Gasteiger partial charge in [-0.05, 0) is 72.7 Å². The summed E-state index contributed by atoms with van der Waals surface area (Å²) in [6, 6.07) is 2.54. The van der Waals surface area contributed by atoms with Gasteiger partial charge in [0.15, 0.2) is 0 Å². The van der Waals surface area contributed by atoms with Crippen LogP contribution in [-0.4, -0.2) is 77.9 Å². The van der Waals surface area contributed by atoms with Gasteiger partial charge < -0.3 is 29.3 Å². The number of amides is 1. The zero-order valence-corrected chi connectivity index (χ0v) is 21.2. The first-order chi connectivity index (χ1) is 16.1. The van der Waals surface area contributed by atoms with Gasteiger partial charge in [0.1, 0.15) is 17.2 Å². The van der Waals surface area contributed by atoms with Crippen molar-refractivity contribution in [3.8, 4) is 6.07 Å². The standard InChI is InChI=1S/C25H38N6O3/c1-17-15-29(24(33)34-25(2,3)4)11-12-30(17)22-19-8-9-27-14-21(19)31(23(32)20(22)13-26)16-18-7-6-10-28(18)5/h17-18,27H,6-12,14-16H2,1-5H3. The quantitative estimate of drug-likeness (QED) is 0.721. The number of likely N-dealkylation sites (tertiary alicyclic amines) is 1. The maximum absolute atomic E-state index is 13.6. The smallest absolute Gasteiger partial charge is 0.410 e. The number of nitrogens with one attached hydrogen (secondary N) is 1. The summed E-state index contributed by atoms with van der Waals surface area (Å²) < 4.78 is 7.42. The highest BCUT2D eigenvalue weighted by atomic mass is 16.6. The predicted molar refractivity (Wildman–Crippen MR) is 131 cm³/mol. The molecule has 0 aromatic carbocycles. The Labute approximate surface area is 202 Å². The van der Waals surface area contributed by atoms with Crippen molar-refractivity contribution in [1.82, 2.24) is 19.7 Å². The Balaban J connectivity index is 1.67. The minimum atomic E-state index is -0.546. The van der Waals surface area contributed by atoms with Crippen molar-refractivity contribution in [1.29, 1.82) is 5.26 Å². The van der Waals surface area contributed by atoms with Gasteiger partial charge in [0.05, 0.1) is 5.69 Å². The largest absolute Gasteiger partial charge is 0.444 e. The van der Waals surface area contributed by atoms with Crippen molar-refractivity contribution in [2.75, 3.05) is 44.7 Å². The predicted octanol–water partition coefficient (Wildman–Crippen LogP) is 1.91. The number of carbonyl (C=O) groups excluding carboxylic acids is 1. The Bertz CT molecular complexity index is 1040. The highest BCUT2D eigenvalue weighted by molar-refractivity contribution is 5.70. The molecule has 0 saturated carbocycles. The second-order valence-corrected chi connectivity index (χ2v) is 10.8. The van der Waals surface area contributed by atoms with Crippen LogP contribution in [0.2, 0.25) is 0 Å². The van der Waals surface area contributed by atoms with E-state index in [2.05, 4.69) is 28.2 Å². The Morgan fingerprint density at radius 2 is 2.03 bits per heavy atom. The summed E-state index contributed by atoms with van der Waals surface area (Å²) >= 11 is 0. The summed E-state index contributed by atoms with van der Waals surface area (Å²) in [5.74, 6) is 0. The molecule has 3 aliphatic heterocycles. The normalized spacial score (nSPS) is 23.5. The maximum atomic E-state index is 13.6. The average molecular weight is 471 g/mol. The Morgan fingerprint density at radius 1 is 1.26 bits per heavy atom. The number of likely N-dealkylation sites (N-methyl/N-ethyl adjacent to an activating group) is 1. The van der Waals surface area contributed by atoms with E-state index in [1.807, 2.05) is 32.3 Å². The first-order valence-electron chi connectivity index (χ1n) is 12.4. The number of carbonyl (C=O) groups is 1. The molecule has 0 bridgehead atoms. The van der Waals surface area contributed by atoms with Crippen LogP contribution in [0, 0.1) is 11.3 Å². The summed E-state index contributed by atoms with van der Waals surface area (Å²) in [4.78, 5) is 32.5. The van der Waals surface area contributed by atoms with Gasteiger partial charge in [-0.25, -0.2) is 4.79 Å². The molecular formula is C25H38N6O3. The van der Waals surface area contributed by atoms with E-state index in [-0.39, 0.29) is 23.3 Å². The molecule has 1 aromatic heterocycles. The molecule has 2 unspecified atom stereocenters. The molecule has 0 aliphatic carbocycles. The van der Waals surface area contributed by atoms with E-state index in [4.69, 9.17) is 4.74 Å². The van der Waals surface area contributed by atoms with Gasteiger partial charge in [-0.2, -0.15) is 5.26 Å². The van der Waals surface area contributed by atoms with Crippen LogP contribution < -0.4 is 15.8 Å². The second-order valence-electron chi connectivity index (χ2n) is 10.8. The Morgan fingerprint density at radius 3 is 2.65 bits per heavy atom. The van der Waals surface area contributed by atoms with Crippen molar-refractivity contribution >= 4 is 11.8 Å². The van der Waals surface area contributed by atoms with Gasteiger partial charge in [-0.15, -0.1) is 0 Å². The number of pyridine rings is 1. The number of ether oxygens (including phenoxy) is 1. The molecule has 4 rings (SSSR count). The van der Waals surface area contributed by atoms with E-state index < -0.39 is 5.60 Å². The van der Waals surface area contributed by atoms with Crippen LogP contribution in [-0.2, 0) is 24.2 Å². The summed E-state index contributed by atoms with van der Waals surface area (Å²) in [6.07, 6.45) is 2.66. The van der Waals surface area contributed by atoms with Crippen molar-refractivity contribution in [3.05, 3.63) is 27.2 Å². The number of rotatable bonds is 3. The van der Waals surface area contributed by atoms with Crippen LogP contribution in [0.15, 0.2) is 4.79 Å². The van der Waals surface area contributed by atoms with Crippen molar-refractivity contribution in [3.63, 3.8) is 0 Å². The molecule has 9 heteroatoms. The molecule has 1 aromatic rings. The van der Waals surface area contributed by atoms with Crippen molar-refractivity contribution in [2.45, 2.75) is 77.7 Å². The number of piperazine rings is 1. The van der Waals surface area contributed by atoms with Crippen molar-refractivity contribution < 1.29 is 9.53 Å². The molecule has 4 heterocycles. The SMILES string of the molecule is CC1CN(C(=O)OC(C)(C)C)CCN1c1c2c(n(CC3CCCN3C)c(=O)c1C#N)CNCC2. The lowest BCUT2D eigenvalue weighted by Gasteiger charge is -2.43. The molecule has 1 N–H and O–H groups in total. The number of nitriles is 1. The van der Waals surface area contributed by atoms with Crippen LogP contribution in [0.1, 0.15) is 57.4 Å². The van der Waals surface area contributed by atoms with Gasteiger partial charge in [-0.3, -0.25) is 4.79 Å². The lowest BCUT2D eigenvalue weighted by atomic mass is 9.97. The van der Waals surface area contributed by atoms with E-state index in [0.717, 1.165) is 49.3 Å². The third-order valence-corrected chi connectivity index (χ3v) is 7.24. The van der Waals surface area contributed by atoms with E-state index >= 15 is 0 Å². The Hall–Kier alpha value is -2.57. The summed E-state index contributed by atoms with van der Waals surface area (Å²) in [6.45, 7) is 12.3. The number of hydrogen-bond donors (Lipinski definition) is 1. The van der Waals surface area contributed by atoms with Gasteiger partial charge >= 0.3 is 6.09 Å². The van der Waals surface area contributed by atoms with Crippen LogP contribution in [0.5, 0.6) is 0 Å². The summed E-state index contributed by atoms with van der Waals surface area (Å²) in [5, 5.41) is 13.5. The minimum absolute atomic E-state index is 0.0384. The van der Waals surface area contributed by atoms with Gasteiger partial charge in [0.2, 0.25) is 0 Å². The summed E-state index contributed by atoms with van der Waals surface area (Å²) in [7, 11) is 2.11. The monoisotopic (exact) mass is 470 g/mol. The topological polar surface area (TPSA) is 93.8 Å².